The molecule has 1 fully saturated rings. The third kappa shape index (κ3) is 9.28. The van der Waals surface area contributed by atoms with Crippen LogP contribution in [0.25, 0.3) is 33.5 Å². The molecule has 1 saturated carbocycles. The Kier molecular flexibility index (Phi) is 12.5. The number of nitrogens with one attached hydrogen (secondary N) is 5. The van der Waals surface area contributed by atoms with Crippen LogP contribution in [0.1, 0.15) is 76.4 Å². The number of carbonyl (C=O) groups excluding carboxylic acids is 3. The van der Waals surface area contributed by atoms with E-state index in [4.69, 9.17) is 15.0 Å². The minimum Gasteiger partial charge on any atom is -0.388 e. The van der Waals surface area contributed by atoms with Crippen molar-refractivity contribution in [2.75, 3.05) is 24.2 Å². The van der Waals surface area contributed by atoms with Crippen LogP contribution in [0.3, 0.4) is 0 Å². The van der Waals surface area contributed by atoms with E-state index in [0.29, 0.717) is 64.2 Å². The van der Waals surface area contributed by atoms with E-state index in [2.05, 4.69) is 42.7 Å². The maximum atomic E-state index is 13.5. The number of fused-ring (bicyclic) bond motifs is 2. The molecule has 342 valence electrons. The van der Waals surface area contributed by atoms with E-state index in [-0.39, 0.29) is 42.5 Å². The van der Waals surface area contributed by atoms with E-state index < -0.39 is 11.5 Å². The van der Waals surface area contributed by atoms with Gasteiger partial charge in [-0.05, 0) is 115 Å². The molecular formula is C50H49N14O4+. The van der Waals surface area contributed by atoms with Gasteiger partial charge >= 0.3 is 5.95 Å². The SMILES string of the molecule is CCC(C#N)(CC)c1ccc(-c2cccn3c2nc(Nc2ccc(C(=O)NC4CC4)cc2)[n+]3CC(O)CNC(=O)c2ccc(-c3cccn4nc(Nc5ccc(C(=O)NC)nc5)nc34)cc2)cn1. The maximum Gasteiger partial charge on any atom is 0.417 e. The van der Waals surface area contributed by atoms with E-state index >= 15 is 0 Å². The largest absolute Gasteiger partial charge is 0.417 e. The van der Waals surface area contributed by atoms with Crippen LogP contribution in [0, 0.1) is 11.3 Å². The number of benzene rings is 2. The molecule has 3 amide bonds. The Balaban J connectivity index is 0.914. The molecule has 6 N–H and O–H groups in total. The first-order chi connectivity index (χ1) is 33.1. The summed E-state index contributed by atoms with van der Waals surface area (Å²) in [7, 11) is 1.54. The third-order valence-electron chi connectivity index (χ3n) is 12.1. The molecule has 1 atom stereocenters. The average Bonchev–Trinajstić information content (AvgIpc) is 4.00. The highest BCUT2D eigenvalue weighted by Gasteiger charge is 2.31. The molecule has 0 bridgehead atoms. The fourth-order valence-corrected chi connectivity index (χ4v) is 7.96. The molecule has 18 heteroatoms. The van der Waals surface area contributed by atoms with Gasteiger partial charge < -0.3 is 26.4 Å². The van der Waals surface area contributed by atoms with Crippen LogP contribution in [0.5, 0.6) is 0 Å². The topological polar surface area (TPSA) is 233 Å². The normalized spacial score (nSPS) is 12.9. The predicted octanol–water partition coefficient (Wildman–Crippen LogP) is 5.90. The molecule has 2 aromatic carbocycles. The first-order valence-corrected chi connectivity index (χ1v) is 22.4. The zero-order valence-electron chi connectivity index (χ0n) is 37.6. The molecule has 0 aliphatic heterocycles. The number of rotatable bonds is 17. The third-order valence-corrected chi connectivity index (χ3v) is 12.1. The molecule has 1 aliphatic rings. The summed E-state index contributed by atoms with van der Waals surface area (Å²) in [6.45, 7) is 3.96. The van der Waals surface area contributed by atoms with Crippen LogP contribution in [0.2, 0.25) is 0 Å². The standard InChI is InChI=1S/C50H48N14O4/c1-4-50(5-2,30-51)42-23-16-34(26-54-42)40-9-7-25-63-44(40)60-49(58-36-17-14-33(15-18-36)46(67)56-35-19-20-35)64(63)29-38(65)28-55-45(66)32-12-10-31(11-13-32)39-8-6-24-62-43(39)59-48(61-62)57-37-21-22-41(53-27-37)47(68)52-3/h6-18,21-27,35,38,65H,4-5,19-20,28-29H2,1-3H3,(H4,52,55,56,57,61,66,67,68)/p+1. The highest BCUT2D eigenvalue weighted by molar-refractivity contribution is 5.96. The summed E-state index contributed by atoms with van der Waals surface area (Å²) in [6, 6.07) is 31.7. The first kappa shape index (κ1) is 44.6. The van der Waals surface area contributed by atoms with E-state index in [1.807, 2.05) is 85.2 Å². The minimum absolute atomic E-state index is 0.0416. The Bertz CT molecular complexity index is 3170. The zero-order valence-corrected chi connectivity index (χ0v) is 37.6. The summed E-state index contributed by atoms with van der Waals surface area (Å²) in [5.74, 6) is -0.0158. The first-order valence-electron chi connectivity index (χ1n) is 22.4. The van der Waals surface area contributed by atoms with Gasteiger partial charge in [-0.15, -0.1) is 5.10 Å². The Morgan fingerprint density at radius 1 is 0.794 bits per heavy atom. The molecule has 0 saturated heterocycles. The smallest absolute Gasteiger partial charge is 0.388 e. The molecule has 1 aliphatic carbocycles. The van der Waals surface area contributed by atoms with E-state index in [1.54, 1.807) is 65.0 Å². The van der Waals surface area contributed by atoms with Gasteiger partial charge in [0.05, 0.1) is 34.7 Å². The predicted molar refractivity (Wildman–Crippen MR) is 254 cm³/mol. The van der Waals surface area contributed by atoms with Crippen molar-refractivity contribution in [1.82, 2.24) is 50.0 Å². The maximum absolute atomic E-state index is 13.5. The summed E-state index contributed by atoms with van der Waals surface area (Å²) in [6.07, 6.45) is 9.14. The lowest BCUT2D eigenvalue weighted by Gasteiger charge is -2.22. The van der Waals surface area contributed by atoms with Gasteiger partial charge in [-0.25, -0.2) is 14.8 Å². The summed E-state index contributed by atoms with van der Waals surface area (Å²) < 4.78 is 5.28. The summed E-state index contributed by atoms with van der Waals surface area (Å²) in [4.78, 5) is 56.7. The Hall–Kier alpha value is -8.56. The van der Waals surface area contributed by atoms with Crippen molar-refractivity contribution >= 4 is 52.3 Å². The lowest BCUT2D eigenvalue weighted by atomic mass is 9.80. The van der Waals surface area contributed by atoms with Gasteiger partial charge in [-0.3, -0.25) is 19.4 Å². The molecular weight excluding hydrogens is 861 g/mol. The zero-order chi connectivity index (χ0) is 47.4. The summed E-state index contributed by atoms with van der Waals surface area (Å²) in [5, 5.41) is 41.0. The molecule has 6 heterocycles. The van der Waals surface area contributed by atoms with Crippen molar-refractivity contribution in [2.45, 2.75) is 63.6 Å². The van der Waals surface area contributed by atoms with Gasteiger partial charge in [-0.1, -0.05) is 32.0 Å². The number of carbonyl (C=O) groups is 3. The lowest BCUT2D eigenvalue weighted by Crippen LogP contribution is -2.49. The van der Waals surface area contributed by atoms with Crippen molar-refractivity contribution in [3.8, 4) is 28.3 Å². The quantitative estimate of drug-likeness (QED) is 0.0587. The summed E-state index contributed by atoms with van der Waals surface area (Å²) >= 11 is 0. The highest BCUT2D eigenvalue weighted by Crippen LogP contribution is 2.32. The van der Waals surface area contributed by atoms with Crippen LogP contribution in [-0.2, 0) is 12.0 Å². The number of aliphatic hydroxyl groups is 1. The summed E-state index contributed by atoms with van der Waals surface area (Å²) in [5.41, 5.74) is 6.92. The number of amides is 3. The number of anilines is 4. The second-order valence-corrected chi connectivity index (χ2v) is 16.6. The van der Waals surface area contributed by atoms with Crippen LogP contribution in [0.4, 0.5) is 23.3 Å². The molecule has 0 radical (unpaired) electrons. The van der Waals surface area contributed by atoms with Crippen molar-refractivity contribution < 1.29 is 24.2 Å². The molecule has 9 rings (SSSR count). The molecule has 8 aromatic rings. The van der Waals surface area contributed by atoms with Crippen LogP contribution in [-0.4, -0.2) is 82.6 Å². The fraction of sp³-hybridized carbons (Fsp3) is 0.240. The lowest BCUT2D eigenvalue weighted by molar-refractivity contribution is -0.753. The van der Waals surface area contributed by atoms with Crippen LogP contribution in [0.15, 0.2) is 122 Å². The van der Waals surface area contributed by atoms with E-state index in [9.17, 15) is 24.8 Å². The van der Waals surface area contributed by atoms with Crippen molar-refractivity contribution in [3.05, 3.63) is 144 Å². The second kappa shape index (κ2) is 19.1. The number of nitrogens with zero attached hydrogens (tertiary/aromatic N) is 9. The second-order valence-electron chi connectivity index (χ2n) is 16.6. The van der Waals surface area contributed by atoms with Crippen molar-refractivity contribution in [1.29, 1.82) is 5.26 Å². The number of hydrogen-bond donors (Lipinski definition) is 6. The fourth-order valence-electron chi connectivity index (χ4n) is 7.96. The molecule has 18 nitrogen and oxygen atoms in total. The molecule has 0 spiro atoms. The monoisotopic (exact) mass is 909 g/mol. The number of pyridine rings is 4. The molecule has 1 unspecified atom stereocenters. The van der Waals surface area contributed by atoms with Gasteiger partial charge in [0.25, 0.3) is 23.4 Å². The van der Waals surface area contributed by atoms with E-state index in [0.717, 1.165) is 35.1 Å². The molecule has 6 aromatic heterocycles. The van der Waals surface area contributed by atoms with Crippen molar-refractivity contribution in [2.24, 2.45) is 0 Å². The number of hydrogen-bond acceptors (Lipinski definition) is 12. The Morgan fingerprint density at radius 3 is 2.15 bits per heavy atom. The van der Waals surface area contributed by atoms with Crippen molar-refractivity contribution in [3.63, 3.8) is 0 Å². The number of nitriles is 1. The van der Waals surface area contributed by atoms with Gasteiger partial charge in [0, 0.05) is 66.0 Å². The number of aromatic nitrogens is 8. The van der Waals surface area contributed by atoms with Gasteiger partial charge in [0.2, 0.25) is 5.95 Å². The Morgan fingerprint density at radius 2 is 1.49 bits per heavy atom. The van der Waals surface area contributed by atoms with Gasteiger partial charge in [0.1, 0.15) is 18.3 Å². The average molecular weight is 910 g/mol. The highest BCUT2D eigenvalue weighted by atomic mass is 16.3. The Labute approximate surface area is 391 Å². The number of aliphatic hydroxyl groups excluding tert-OH is 1. The van der Waals surface area contributed by atoms with Gasteiger partial charge in [-0.2, -0.15) is 19.4 Å². The minimum atomic E-state index is -1.04. The van der Waals surface area contributed by atoms with E-state index in [1.165, 1.54) is 6.20 Å². The molecule has 68 heavy (non-hydrogen) atoms. The van der Waals surface area contributed by atoms with Crippen LogP contribution >= 0.6 is 0 Å². The van der Waals surface area contributed by atoms with Gasteiger partial charge in [0.15, 0.2) is 5.65 Å². The van der Waals surface area contributed by atoms with Crippen LogP contribution < -0.4 is 31.3 Å².